The second kappa shape index (κ2) is 5.05. The number of fused-ring (bicyclic) bond motifs is 1. The lowest BCUT2D eigenvalue weighted by Crippen LogP contribution is -2.18. The van der Waals surface area contributed by atoms with Crippen molar-refractivity contribution in [1.29, 1.82) is 0 Å². The van der Waals surface area contributed by atoms with Crippen LogP contribution in [0.2, 0.25) is 0 Å². The average molecular weight is 283 g/mol. The van der Waals surface area contributed by atoms with E-state index in [9.17, 15) is 9.18 Å². The molecule has 0 saturated carbocycles. The van der Waals surface area contributed by atoms with E-state index in [0.29, 0.717) is 22.5 Å². The van der Waals surface area contributed by atoms with Gasteiger partial charge in [0.25, 0.3) is 5.91 Å². The van der Waals surface area contributed by atoms with Gasteiger partial charge in [-0.05, 0) is 42.8 Å². The minimum absolute atomic E-state index is 0.225. The van der Waals surface area contributed by atoms with E-state index in [1.54, 1.807) is 19.2 Å². The van der Waals surface area contributed by atoms with E-state index in [2.05, 4.69) is 5.32 Å². The van der Waals surface area contributed by atoms with Crippen LogP contribution < -0.4 is 5.32 Å². The summed E-state index contributed by atoms with van der Waals surface area (Å²) >= 11 is 0. The highest BCUT2D eigenvalue weighted by Gasteiger charge is 2.21. The van der Waals surface area contributed by atoms with Crippen LogP contribution in [0.1, 0.15) is 15.9 Å². The molecule has 0 fully saturated rings. The number of nitrogens with one attached hydrogen (secondary N) is 1. The number of halogens is 1. The van der Waals surface area contributed by atoms with Crippen molar-refractivity contribution >= 4 is 16.9 Å². The molecule has 2 aromatic carbocycles. The summed E-state index contributed by atoms with van der Waals surface area (Å²) < 4.78 is 18.9. The van der Waals surface area contributed by atoms with E-state index in [1.165, 1.54) is 12.1 Å². The highest BCUT2D eigenvalue weighted by Crippen LogP contribution is 2.34. The standard InChI is InChI=1S/C17H14FNO2/c1-10-3-8-13-14(9-10)21-16(15(13)17(20)19-2)11-4-6-12(18)7-5-11/h3-9H,1-2H3,(H,19,20). The summed E-state index contributed by atoms with van der Waals surface area (Å²) in [7, 11) is 1.57. The molecule has 0 saturated heterocycles. The molecule has 3 nitrogen and oxygen atoms in total. The molecule has 3 aromatic rings. The molecule has 3 rings (SSSR count). The van der Waals surface area contributed by atoms with Crippen LogP contribution in [0.3, 0.4) is 0 Å². The zero-order valence-electron chi connectivity index (χ0n) is 11.7. The van der Waals surface area contributed by atoms with E-state index in [1.807, 2.05) is 25.1 Å². The Morgan fingerprint density at radius 3 is 2.52 bits per heavy atom. The van der Waals surface area contributed by atoms with Crippen LogP contribution in [0.15, 0.2) is 46.9 Å². The fourth-order valence-corrected chi connectivity index (χ4v) is 2.36. The Morgan fingerprint density at radius 2 is 1.86 bits per heavy atom. The van der Waals surface area contributed by atoms with Gasteiger partial charge in [-0.3, -0.25) is 4.79 Å². The van der Waals surface area contributed by atoms with Crippen molar-refractivity contribution in [3.63, 3.8) is 0 Å². The molecule has 106 valence electrons. The molecule has 0 atom stereocenters. The summed E-state index contributed by atoms with van der Waals surface area (Å²) in [5, 5.41) is 3.37. The van der Waals surface area contributed by atoms with Crippen LogP contribution in [0, 0.1) is 12.7 Å². The fourth-order valence-electron chi connectivity index (χ4n) is 2.36. The van der Waals surface area contributed by atoms with Crippen LogP contribution in [0.4, 0.5) is 4.39 Å². The quantitative estimate of drug-likeness (QED) is 0.775. The normalized spacial score (nSPS) is 10.8. The first-order chi connectivity index (χ1) is 10.1. The molecule has 0 aliphatic carbocycles. The van der Waals surface area contributed by atoms with Crippen molar-refractivity contribution in [2.45, 2.75) is 6.92 Å². The Labute approximate surface area is 121 Å². The Morgan fingerprint density at radius 1 is 1.14 bits per heavy atom. The highest BCUT2D eigenvalue weighted by molar-refractivity contribution is 6.11. The number of hydrogen-bond acceptors (Lipinski definition) is 2. The SMILES string of the molecule is CNC(=O)c1c(-c2ccc(F)cc2)oc2cc(C)ccc12. The number of aryl methyl sites for hydroxylation is 1. The molecule has 0 radical (unpaired) electrons. The van der Waals surface area contributed by atoms with E-state index in [4.69, 9.17) is 4.42 Å². The fraction of sp³-hybridized carbons (Fsp3) is 0.118. The van der Waals surface area contributed by atoms with Crippen molar-refractivity contribution < 1.29 is 13.6 Å². The molecular formula is C17H14FNO2. The van der Waals surface area contributed by atoms with Crippen molar-refractivity contribution in [1.82, 2.24) is 5.32 Å². The van der Waals surface area contributed by atoms with Crippen LogP contribution in [0.25, 0.3) is 22.3 Å². The van der Waals surface area contributed by atoms with E-state index in [0.717, 1.165) is 10.9 Å². The summed E-state index contributed by atoms with van der Waals surface area (Å²) in [6.45, 7) is 1.96. The van der Waals surface area contributed by atoms with E-state index >= 15 is 0 Å². The molecular weight excluding hydrogens is 269 g/mol. The summed E-state index contributed by atoms with van der Waals surface area (Å²) in [6.07, 6.45) is 0. The summed E-state index contributed by atoms with van der Waals surface area (Å²) in [5.41, 5.74) is 2.83. The maximum absolute atomic E-state index is 13.1. The Kier molecular flexibility index (Phi) is 3.22. The predicted octanol–water partition coefficient (Wildman–Crippen LogP) is 3.91. The minimum Gasteiger partial charge on any atom is -0.455 e. The zero-order valence-corrected chi connectivity index (χ0v) is 11.7. The third-order valence-corrected chi connectivity index (χ3v) is 3.41. The maximum atomic E-state index is 13.1. The highest BCUT2D eigenvalue weighted by atomic mass is 19.1. The monoisotopic (exact) mass is 283 g/mol. The van der Waals surface area contributed by atoms with Crippen molar-refractivity contribution in [2.24, 2.45) is 0 Å². The van der Waals surface area contributed by atoms with Crippen molar-refractivity contribution in [2.75, 3.05) is 7.05 Å². The van der Waals surface area contributed by atoms with Crippen molar-refractivity contribution in [3.8, 4) is 11.3 Å². The van der Waals surface area contributed by atoms with Gasteiger partial charge in [-0.1, -0.05) is 12.1 Å². The number of amides is 1. The molecule has 0 bridgehead atoms. The predicted molar refractivity (Wildman–Crippen MR) is 79.7 cm³/mol. The zero-order chi connectivity index (χ0) is 15.0. The largest absolute Gasteiger partial charge is 0.455 e. The topological polar surface area (TPSA) is 42.2 Å². The van der Waals surface area contributed by atoms with E-state index in [-0.39, 0.29) is 11.7 Å². The Bertz CT molecular complexity index is 819. The van der Waals surface area contributed by atoms with Gasteiger partial charge in [0.2, 0.25) is 0 Å². The van der Waals surface area contributed by atoms with Gasteiger partial charge in [0.15, 0.2) is 0 Å². The van der Waals surface area contributed by atoms with Crippen LogP contribution in [0.5, 0.6) is 0 Å². The Hall–Kier alpha value is -2.62. The summed E-state index contributed by atoms with van der Waals surface area (Å²) in [6, 6.07) is 11.6. The number of carbonyl (C=O) groups is 1. The van der Waals surface area contributed by atoms with Crippen LogP contribution in [-0.4, -0.2) is 13.0 Å². The molecule has 1 amide bonds. The van der Waals surface area contributed by atoms with Gasteiger partial charge < -0.3 is 9.73 Å². The Balaban J connectivity index is 2.30. The molecule has 1 N–H and O–H groups in total. The summed E-state index contributed by atoms with van der Waals surface area (Å²) in [5.74, 6) is -0.0981. The molecule has 21 heavy (non-hydrogen) atoms. The van der Waals surface area contributed by atoms with Gasteiger partial charge in [0.1, 0.15) is 17.2 Å². The number of hydrogen-bond donors (Lipinski definition) is 1. The van der Waals surface area contributed by atoms with Crippen LogP contribution >= 0.6 is 0 Å². The molecule has 1 heterocycles. The molecule has 0 unspecified atom stereocenters. The molecule has 1 aromatic heterocycles. The lowest BCUT2D eigenvalue weighted by atomic mass is 10.0. The first kappa shape index (κ1) is 13.4. The van der Waals surface area contributed by atoms with Gasteiger partial charge in [-0.2, -0.15) is 0 Å². The number of carbonyl (C=O) groups excluding carboxylic acids is 1. The third-order valence-electron chi connectivity index (χ3n) is 3.41. The lowest BCUT2D eigenvalue weighted by molar-refractivity contribution is 0.0964. The minimum atomic E-state index is -0.327. The molecule has 0 spiro atoms. The number of rotatable bonds is 2. The molecule has 0 aliphatic heterocycles. The van der Waals surface area contributed by atoms with Gasteiger partial charge in [-0.25, -0.2) is 4.39 Å². The van der Waals surface area contributed by atoms with E-state index < -0.39 is 0 Å². The maximum Gasteiger partial charge on any atom is 0.255 e. The lowest BCUT2D eigenvalue weighted by Gasteiger charge is -2.02. The summed E-state index contributed by atoms with van der Waals surface area (Å²) in [4.78, 5) is 12.2. The third kappa shape index (κ3) is 2.29. The smallest absolute Gasteiger partial charge is 0.255 e. The molecule has 4 heteroatoms. The van der Waals surface area contributed by atoms with Gasteiger partial charge in [0.05, 0.1) is 5.56 Å². The van der Waals surface area contributed by atoms with Crippen molar-refractivity contribution in [3.05, 3.63) is 59.4 Å². The average Bonchev–Trinajstić information content (AvgIpc) is 2.85. The van der Waals surface area contributed by atoms with Crippen LogP contribution in [-0.2, 0) is 0 Å². The first-order valence-electron chi connectivity index (χ1n) is 6.61. The molecule has 0 aliphatic rings. The van der Waals surface area contributed by atoms with Gasteiger partial charge in [0, 0.05) is 18.0 Å². The number of furan rings is 1. The second-order valence-corrected chi connectivity index (χ2v) is 4.89. The van der Waals surface area contributed by atoms with Gasteiger partial charge in [-0.15, -0.1) is 0 Å². The number of benzene rings is 2. The first-order valence-corrected chi connectivity index (χ1v) is 6.61. The van der Waals surface area contributed by atoms with Gasteiger partial charge >= 0.3 is 0 Å². The second-order valence-electron chi connectivity index (χ2n) is 4.89.